The summed E-state index contributed by atoms with van der Waals surface area (Å²) < 4.78 is 0. The second-order valence-corrected chi connectivity index (χ2v) is 3.34. The van der Waals surface area contributed by atoms with Gasteiger partial charge in [-0.3, -0.25) is 4.79 Å². The zero-order chi connectivity index (χ0) is 13.0. The summed E-state index contributed by atoms with van der Waals surface area (Å²) >= 11 is 0. The van der Waals surface area contributed by atoms with Gasteiger partial charge in [0.05, 0.1) is 0 Å². The molecule has 0 aromatic rings. The largest absolute Gasteiger partial charge is 0.343 e. The zero-order valence-corrected chi connectivity index (χ0v) is 12.0. The minimum atomic E-state index is 0.213. The monoisotopic (exact) mass is 230 g/mol. The van der Waals surface area contributed by atoms with E-state index in [2.05, 4.69) is 12.2 Å². The standard InChI is InChI=1S/C9H18N2O.2C2H6/c1-3-10-9-4-6-11(7-5-9)8(2)12;2*1-2/h9-10H,3-7H2,1-2H3;2*1-2H3. The maximum absolute atomic E-state index is 11.0. The lowest BCUT2D eigenvalue weighted by Gasteiger charge is -2.31. The summed E-state index contributed by atoms with van der Waals surface area (Å²) in [7, 11) is 0. The lowest BCUT2D eigenvalue weighted by Crippen LogP contribution is -2.44. The van der Waals surface area contributed by atoms with Gasteiger partial charge in [0.25, 0.3) is 0 Å². The average molecular weight is 230 g/mol. The molecule has 0 atom stereocenters. The van der Waals surface area contributed by atoms with Gasteiger partial charge in [-0.05, 0) is 19.4 Å². The van der Waals surface area contributed by atoms with Crippen molar-refractivity contribution < 1.29 is 4.79 Å². The van der Waals surface area contributed by atoms with Crippen LogP contribution in [-0.4, -0.2) is 36.5 Å². The molecule has 1 saturated heterocycles. The van der Waals surface area contributed by atoms with Gasteiger partial charge in [-0.1, -0.05) is 34.6 Å². The van der Waals surface area contributed by atoms with Gasteiger partial charge >= 0.3 is 0 Å². The molecule has 3 nitrogen and oxygen atoms in total. The summed E-state index contributed by atoms with van der Waals surface area (Å²) in [5.41, 5.74) is 0. The predicted molar refractivity (Wildman–Crippen MR) is 71.6 cm³/mol. The number of rotatable bonds is 2. The minimum Gasteiger partial charge on any atom is -0.343 e. The van der Waals surface area contributed by atoms with Crippen LogP contribution < -0.4 is 5.32 Å². The summed E-state index contributed by atoms with van der Waals surface area (Å²) in [5, 5.41) is 3.41. The van der Waals surface area contributed by atoms with E-state index in [-0.39, 0.29) is 5.91 Å². The Morgan fingerprint density at radius 3 is 1.94 bits per heavy atom. The van der Waals surface area contributed by atoms with Crippen LogP contribution in [0.2, 0.25) is 0 Å². The van der Waals surface area contributed by atoms with Crippen LogP contribution in [0, 0.1) is 0 Å². The van der Waals surface area contributed by atoms with Gasteiger partial charge in [0.2, 0.25) is 5.91 Å². The number of hydrogen-bond donors (Lipinski definition) is 1. The van der Waals surface area contributed by atoms with Crippen LogP contribution in [-0.2, 0) is 4.79 Å². The molecular weight excluding hydrogens is 200 g/mol. The number of nitrogens with zero attached hydrogens (tertiary/aromatic N) is 1. The second-order valence-electron chi connectivity index (χ2n) is 3.34. The van der Waals surface area contributed by atoms with Gasteiger partial charge in [0.15, 0.2) is 0 Å². The Labute approximate surface area is 102 Å². The molecule has 16 heavy (non-hydrogen) atoms. The second kappa shape index (κ2) is 12.5. The fourth-order valence-corrected chi connectivity index (χ4v) is 1.69. The van der Waals surface area contributed by atoms with Crippen molar-refractivity contribution in [2.75, 3.05) is 19.6 Å². The Morgan fingerprint density at radius 2 is 1.62 bits per heavy atom. The number of hydrogen-bond acceptors (Lipinski definition) is 2. The lowest BCUT2D eigenvalue weighted by molar-refractivity contribution is -0.129. The third-order valence-electron chi connectivity index (χ3n) is 2.43. The van der Waals surface area contributed by atoms with E-state index >= 15 is 0 Å². The summed E-state index contributed by atoms with van der Waals surface area (Å²) in [6.45, 7) is 14.6. The van der Waals surface area contributed by atoms with Crippen molar-refractivity contribution in [2.45, 2.75) is 60.4 Å². The fourth-order valence-electron chi connectivity index (χ4n) is 1.69. The molecule has 1 heterocycles. The van der Waals surface area contributed by atoms with E-state index in [1.807, 2.05) is 32.6 Å². The molecule has 1 aliphatic heterocycles. The molecule has 0 saturated carbocycles. The molecule has 0 bridgehead atoms. The molecule has 1 rings (SSSR count). The van der Waals surface area contributed by atoms with E-state index in [0.717, 1.165) is 32.5 Å². The number of carbonyl (C=O) groups is 1. The average Bonchev–Trinajstić information content (AvgIpc) is 2.35. The summed E-state index contributed by atoms with van der Waals surface area (Å²) in [5.74, 6) is 0.213. The van der Waals surface area contributed by atoms with Crippen molar-refractivity contribution in [3.63, 3.8) is 0 Å². The highest BCUT2D eigenvalue weighted by molar-refractivity contribution is 5.73. The maximum atomic E-state index is 11.0. The molecule has 98 valence electrons. The zero-order valence-electron chi connectivity index (χ0n) is 12.0. The van der Waals surface area contributed by atoms with E-state index in [0.29, 0.717) is 6.04 Å². The topological polar surface area (TPSA) is 32.3 Å². The van der Waals surface area contributed by atoms with Crippen LogP contribution >= 0.6 is 0 Å². The number of nitrogens with one attached hydrogen (secondary N) is 1. The van der Waals surface area contributed by atoms with Crippen molar-refractivity contribution in [3.05, 3.63) is 0 Å². The van der Waals surface area contributed by atoms with Crippen LogP contribution in [0.15, 0.2) is 0 Å². The molecule has 0 unspecified atom stereocenters. The van der Waals surface area contributed by atoms with Gasteiger partial charge in [0.1, 0.15) is 0 Å². The van der Waals surface area contributed by atoms with Crippen LogP contribution in [0.4, 0.5) is 0 Å². The lowest BCUT2D eigenvalue weighted by atomic mass is 10.1. The SMILES string of the molecule is CC.CC.CCNC1CCN(C(C)=O)CC1. The number of likely N-dealkylation sites (tertiary alicyclic amines) is 1. The van der Waals surface area contributed by atoms with Gasteiger partial charge in [-0.25, -0.2) is 0 Å². The summed E-state index contributed by atoms with van der Waals surface area (Å²) in [4.78, 5) is 12.9. The van der Waals surface area contributed by atoms with Crippen molar-refractivity contribution >= 4 is 5.91 Å². The first-order valence-electron chi connectivity index (χ1n) is 6.73. The Morgan fingerprint density at radius 1 is 1.19 bits per heavy atom. The molecular formula is C13H30N2O. The van der Waals surface area contributed by atoms with Crippen molar-refractivity contribution in [2.24, 2.45) is 0 Å². The van der Waals surface area contributed by atoms with Gasteiger partial charge in [-0.15, -0.1) is 0 Å². The molecule has 0 spiro atoms. The molecule has 1 fully saturated rings. The number of piperidine rings is 1. The van der Waals surface area contributed by atoms with E-state index < -0.39 is 0 Å². The normalized spacial score (nSPS) is 15.5. The molecule has 3 heteroatoms. The van der Waals surface area contributed by atoms with Crippen LogP contribution in [0.25, 0.3) is 0 Å². The molecule has 0 aromatic heterocycles. The first-order chi connectivity index (χ1) is 7.74. The summed E-state index contributed by atoms with van der Waals surface area (Å²) in [6, 6.07) is 0.630. The van der Waals surface area contributed by atoms with Gasteiger partial charge < -0.3 is 10.2 Å². The van der Waals surface area contributed by atoms with Crippen molar-refractivity contribution in [3.8, 4) is 0 Å². The summed E-state index contributed by atoms with van der Waals surface area (Å²) in [6.07, 6.45) is 2.21. The Balaban J connectivity index is 0. The van der Waals surface area contributed by atoms with E-state index in [9.17, 15) is 4.79 Å². The molecule has 1 aliphatic rings. The quantitative estimate of drug-likeness (QED) is 0.791. The predicted octanol–water partition coefficient (Wildman–Crippen LogP) is 2.66. The van der Waals surface area contributed by atoms with Gasteiger partial charge in [-0.2, -0.15) is 0 Å². The molecule has 0 aliphatic carbocycles. The molecule has 1 amide bonds. The van der Waals surface area contributed by atoms with E-state index in [1.165, 1.54) is 0 Å². The van der Waals surface area contributed by atoms with Crippen LogP contribution in [0.1, 0.15) is 54.4 Å². The number of carbonyl (C=O) groups excluding carboxylic acids is 1. The van der Waals surface area contributed by atoms with Gasteiger partial charge in [0, 0.05) is 26.1 Å². The third-order valence-corrected chi connectivity index (χ3v) is 2.43. The molecule has 0 aromatic carbocycles. The highest BCUT2D eigenvalue weighted by Gasteiger charge is 2.19. The minimum absolute atomic E-state index is 0.213. The third kappa shape index (κ3) is 7.69. The van der Waals surface area contributed by atoms with Crippen molar-refractivity contribution in [1.29, 1.82) is 0 Å². The first-order valence-corrected chi connectivity index (χ1v) is 6.73. The van der Waals surface area contributed by atoms with E-state index in [4.69, 9.17) is 0 Å². The molecule has 1 N–H and O–H groups in total. The first kappa shape index (κ1) is 17.8. The Kier molecular flexibility index (Phi) is 13.9. The fraction of sp³-hybridized carbons (Fsp3) is 0.923. The Bertz CT molecular complexity index is 152. The smallest absolute Gasteiger partial charge is 0.219 e. The molecule has 0 radical (unpaired) electrons. The highest BCUT2D eigenvalue weighted by Crippen LogP contribution is 2.09. The Hall–Kier alpha value is -0.570. The maximum Gasteiger partial charge on any atom is 0.219 e. The van der Waals surface area contributed by atoms with Crippen molar-refractivity contribution in [1.82, 2.24) is 10.2 Å². The van der Waals surface area contributed by atoms with E-state index in [1.54, 1.807) is 6.92 Å². The van der Waals surface area contributed by atoms with Crippen LogP contribution in [0.3, 0.4) is 0 Å². The van der Waals surface area contributed by atoms with Crippen LogP contribution in [0.5, 0.6) is 0 Å². The number of amides is 1. The highest BCUT2D eigenvalue weighted by atomic mass is 16.2.